The van der Waals surface area contributed by atoms with Gasteiger partial charge < -0.3 is 17.9 Å². The molecule has 0 spiro atoms. The van der Waals surface area contributed by atoms with Crippen molar-refractivity contribution in [3.63, 3.8) is 0 Å². The summed E-state index contributed by atoms with van der Waals surface area (Å²) in [7, 11) is 0. The van der Waals surface area contributed by atoms with Crippen molar-refractivity contribution in [3.8, 4) is 0 Å². The Bertz CT molecular complexity index is 42.8. The van der Waals surface area contributed by atoms with E-state index in [9.17, 15) is 0 Å². The van der Waals surface area contributed by atoms with E-state index < -0.39 is 6.16 Å². The molecule has 0 aromatic rings. The van der Waals surface area contributed by atoms with E-state index in [2.05, 4.69) is 0 Å². The van der Waals surface area contributed by atoms with Crippen LogP contribution in [0.25, 0.3) is 0 Å². The Morgan fingerprint density at radius 2 is 1.29 bits per heavy atom. The third-order valence-electron chi connectivity index (χ3n) is 0. The smallest absolute Gasteiger partial charge is 1.00 e. The van der Waals surface area contributed by atoms with Gasteiger partial charge in [-0.15, -0.1) is 0 Å². The minimum Gasteiger partial charge on any atom is -1.00 e. The molecule has 48 valence electrons. The predicted octanol–water partition coefficient (Wildman–Crippen LogP) is -2.61. The van der Waals surface area contributed by atoms with Crippen LogP contribution in [0.1, 0.15) is 2.85 Å². The number of carboxylic acid groups (broad SMARTS) is 2. The van der Waals surface area contributed by atoms with Crippen molar-refractivity contribution in [2.45, 2.75) is 0 Å². The van der Waals surface area contributed by atoms with E-state index in [1.807, 2.05) is 0 Å². The molecule has 0 saturated carbocycles. The molecule has 0 fully saturated rings. The zero-order chi connectivity index (χ0) is 3.58. The summed E-state index contributed by atoms with van der Waals surface area (Å²) in [6.07, 6.45) is -2.33. The molecule has 0 aliphatic heterocycles. The molecule has 0 aromatic heterocycles. The fourth-order valence-corrected chi connectivity index (χ4v) is 0. The van der Waals surface area contributed by atoms with Crippen molar-refractivity contribution >= 4 is 43.9 Å². The molecule has 0 N–H and O–H groups in total. The molecule has 0 heterocycles. The molecule has 0 atom stereocenters. The Kier molecular flexibility index (Phi) is 51.6. The molecule has 0 saturated heterocycles. The Labute approximate surface area is 105 Å². The summed E-state index contributed by atoms with van der Waals surface area (Å²) in [5.74, 6) is 0. The van der Waals surface area contributed by atoms with Gasteiger partial charge in [-0.2, -0.15) is 0 Å². The van der Waals surface area contributed by atoms with E-state index in [4.69, 9.17) is 15.0 Å². The quantitative estimate of drug-likeness (QED) is 0.460. The first-order chi connectivity index (χ1) is 1.73. The molecule has 0 aliphatic rings. The first kappa shape index (κ1) is 23.0. The van der Waals surface area contributed by atoms with Crippen LogP contribution in [-0.4, -0.2) is 43.9 Å². The normalized spacial score (nSPS) is 3.43. The Balaban J connectivity index is -0.00000000450. The Morgan fingerprint density at radius 3 is 1.29 bits per heavy atom. The van der Waals surface area contributed by atoms with E-state index in [0.717, 1.165) is 0 Å². The van der Waals surface area contributed by atoms with Crippen LogP contribution in [0, 0.1) is 0 Å². The van der Waals surface area contributed by atoms with Crippen LogP contribution < -0.4 is 10.2 Å². The van der Waals surface area contributed by atoms with Gasteiger partial charge in [0.2, 0.25) is 0 Å². The largest absolute Gasteiger partial charge is 2.00 e. The summed E-state index contributed by atoms with van der Waals surface area (Å²) < 4.78 is 0. The van der Waals surface area contributed by atoms with Crippen molar-refractivity contribution in [1.29, 1.82) is 0 Å². The van der Waals surface area contributed by atoms with Crippen molar-refractivity contribution in [2.75, 3.05) is 0 Å². The van der Waals surface area contributed by atoms with Crippen molar-refractivity contribution in [1.82, 2.24) is 0 Å². The van der Waals surface area contributed by atoms with Crippen LogP contribution in [0.15, 0.2) is 0 Å². The first-order valence-corrected chi connectivity index (χ1v) is 0.612. The zero-order valence-corrected chi connectivity index (χ0v) is 8.21. The molecule has 0 unspecified atom stereocenters. The molecule has 6 heteroatoms. The van der Waals surface area contributed by atoms with Gasteiger partial charge in [0.05, 0.1) is 0 Å². The molecule has 0 aromatic carbocycles. The number of carbonyl (C=O) groups is 1. The summed E-state index contributed by atoms with van der Waals surface area (Å²) >= 11 is 0. The number of carbonyl (C=O) groups excluding carboxylic acids is 1. The molecular formula is CH2Ag2CaO3. The minimum atomic E-state index is -2.33. The Morgan fingerprint density at radius 1 is 1.29 bits per heavy atom. The number of hydrogen-bond donors (Lipinski definition) is 0. The number of hydrogen-bond acceptors (Lipinski definition) is 3. The molecule has 7 heavy (non-hydrogen) atoms. The standard InChI is InChI=1S/CH2O3.2Ag.Ca.2H/c2-1(3)4;;;;;/h(H2,2,3,4);;;;;/q;2*+1;+2;2*-1/p-2. The van der Waals surface area contributed by atoms with Crippen LogP contribution in [0.4, 0.5) is 4.79 Å². The fraction of sp³-hybridized carbons (Fsp3) is 0. The molecule has 0 rings (SSSR count). The second-order valence-corrected chi connectivity index (χ2v) is 0.250. The molecule has 0 radical (unpaired) electrons. The van der Waals surface area contributed by atoms with Gasteiger partial charge in [0.15, 0.2) is 0 Å². The maximum atomic E-state index is 8.33. The third-order valence-corrected chi connectivity index (χ3v) is 0. The SMILES string of the molecule is O=C([O-])[O-].[Ag+].[Ag+].[Ca+2].[H-].[H-]. The minimum absolute atomic E-state index is 0. The third kappa shape index (κ3) is 71.6. The topological polar surface area (TPSA) is 63.2 Å². The van der Waals surface area contributed by atoms with E-state index in [1.165, 1.54) is 0 Å². The first-order valence-electron chi connectivity index (χ1n) is 0.612. The maximum absolute atomic E-state index is 8.33. The van der Waals surface area contributed by atoms with Crippen LogP contribution in [0.5, 0.6) is 0 Å². The average Bonchev–Trinajstić information content (AvgIpc) is 0.811. The summed E-state index contributed by atoms with van der Waals surface area (Å²) in [5, 5.41) is 16.7. The van der Waals surface area contributed by atoms with Gasteiger partial charge in [-0.05, 0) is 6.16 Å². The second kappa shape index (κ2) is 15.7. The van der Waals surface area contributed by atoms with Gasteiger partial charge in [0.25, 0.3) is 0 Å². The van der Waals surface area contributed by atoms with Crippen LogP contribution >= 0.6 is 0 Å². The predicted molar refractivity (Wildman–Crippen MR) is 13.4 cm³/mol. The Hall–Kier alpha value is 2.01. The van der Waals surface area contributed by atoms with Crippen molar-refractivity contribution in [3.05, 3.63) is 0 Å². The van der Waals surface area contributed by atoms with Gasteiger partial charge in [-0.25, -0.2) is 0 Å². The molecule has 3 nitrogen and oxygen atoms in total. The van der Waals surface area contributed by atoms with Crippen LogP contribution in [0.3, 0.4) is 0 Å². The van der Waals surface area contributed by atoms with Gasteiger partial charge in [0, 0.05) is 0 Å². The molecular weight excluding hydrogens is 316 g/mol. The maximum Gasteiger partial charge on any atom is 2.00 e. The van der Waals surface area contributed by atoms with Crippen LogP contribution in [-0.2, 0) is 44.8 Å². The summed E-state index contributed by atoms with van der Waals surface area (Å²) in [5.41, 5.74) is 0. The van der Waals surface area contributed by atoms with Gasteiger partial charge in [0.1, 0.15) is 0 Å². The number of rotatable bonds is 0. The summed E-state index contributed by atoms with van der Waals surface area (Å²) in [6.45, 7) is 0. The molecule has 0 aliphatic carbocycles. The zero-order valence-electron chi connectivity index (χ0n) is 5.03. The van der Waals surface area contributed by atoms with Gasteiger partial charge in [-0.3, -0.25) is 0 Å². The van der Waals surface area contributed by atoms with Crippen LogP contribution in [0.2, 0.25) is 0 Å². The summed E-state index contributed by atoms with van der Waals surface area (Å²) in [6, 6.07) is 0. The summed E-state index contributed by atoms with van der Waals surface area (Å²) in [4.78, 5) is 8.33. The van der Waals surface area contributed by atoms with E-state index in [1.54, 1.807) is 0 Å². The van der Waals surface area contributed by atoms with E-state index >= 15 is 0 Å². The van der Waals surface area contributed by atoms with E-state index in [0.29, 0.717) is 0 Å². The molecule has 0 bridgehead atoms. The second-order valence-electron chi connectivity index (χ2n) is 0.250. The monoisotopic (exact) mass is 316 g/mol. The van der Waals surface area contributed by atoms with E-state index in [-0.39, 0.29) is 85.4 Å². The fourth-order valence-electron chi connectivity index (χ4n) is 0. The van der Waals surface area contributed by atoms with Crippen molar-refractivity contribution < 1.29 is 62.6 Å². The van der Waals surface area contributed by atoms with Crippen molar-refractivity contribution in [2.24, 2.45) is 0 Å². The van der Waals surface area contributed by atoms with Gasteiger partial charge >= 0.3 is 82.5 Å². The van der Waals surface area contributed by atoms with Gasteiger partial charge in [-0.1, -0.05) is 0 Å². The average molecular weight is 318 g/mol. The molecule has 0 amide bonds.